The van der Waals surface area contributed by atoms with Crippen molar-refractivity contribution in [3.05, 3.63) is 17.7 Å². The second-order valence-corrected chi connectivity index (χ2v) is 5.95. The van der Waals surface area contributed by atoms with E-state index in [2.05, 4.69) is 0 Å². The molecule has 2 rings (SSSR count). The molecule has 1 unspecified atom stereocenters. The Morgan fingerprint density at radius 3 is 2.10 bits per heavy atom. The first-order chi connectivity index (χ1) is 9.47. The van der Waals surface area contributed by atoms with E-state index in [9.17, 15) is 5.11 Å². The zero-order valence-corrected chi connectivity index (χ0v) is 13.4. The number of hydrogen-bond donors (Lipinski definition) is 1. The minimum atomic E-state index is -1.17. The van der Waals surface area contributed by atoms with Crippen LogP contribution in [0.3, 0.4) is 0 Å². The highest BCUT2D eigenvalue weighted by atomic mass is 32.2. The first-order valence-corrected chi connectivity index (χ1v) is 7.30. The summed E-state index contributed by atoms with van der Waals surface area (Å²) in [5.41, 5.74) is -0.518. The van der Waals surface area contributed by atoms with Crippen LogP contribution < -0.4 is 14.2 Å². The maximum Gasteiger partial charge on any atom is 0.203 e. The van der Waals surface area contributed by atoms with Crippen LogP contribution in [0.1, 0.15) is 5.56 Å². The van der Waals surface area contributed by atoms with Gasteiger partial charge in [-0.25, -0.2) is 0 Å². The molecule has 5 nitrogen and oxygen atoms in total. The highest BCUT2D eigenvalue weighted by Gasteiger charge is 2.42. The van der Waals surface area contributed by atoms with Crippen LogP contribution >= 0.6 is 24.0 Å². The SMILES string of the molecule is COc1cc(C2(O)CSC(=S)N2C)cc(OC)c1OC. The molecule has 1 atom stereocenters. The van der Waals surface area contributed by atoms with Crippen LogP contribution in [-0.2, 0) is 5.72 Å². The van der Waals surface area contributed by atoms with E-state index in [1.165, 1.54) is 11.8 Å². The van der Waals surface area contributed by atoms with Gasteiger partial charge in [0.2, 0.25) is 5.75 Å². The molecule has 1 heterocycles. The third-order valence-electron chi connectivity index (χ3n) is 3.35. The molecule has 0 aromatic heterocycles. The van der Waals surface area contributed by atoms with E-state index < -0.39 is 5.72 Å². The highest BCUT2D eigenvalue weighted by Crippen LogP contribution is 2.44. The quantitative estimate of drug-likeness (QED) is 0.851. The number of rotatable bonds is 4. The van der Waals surface area contributed by atoms with Crippen LogP contribution in [0, 0.1) is 0 Å². The Kier molecular flexibility index (Phi) is 4.31. The van der Waals surface area contributed by atoms with Gasteiger partial charge in [-0.05, 0) is 12.1 Å². The molecule has 1 N–H and O–H groups in total. The highest BCUT2D eigenvalue weighted by molar-refractivity contribution is 8.23. The predicted molar refractivity (Wildman–Crippen MR) is 82.8 cm³/mol. The average Bonchev–Trinajstić information content (AvgIpc) is 2.74. The normalized spacial score (nSPS) is 22.1. The monoisotopic (exact) mass is 315 g/mol. The molecule has 0 spiro atoms. The molecule has 20 heavy (non-hydrogen) atoms. The van der Waals surface area contributed by atoms with Crippen molar-refractivity contribution in [1.82, 2.24) is 4.90 Å². The zero-order valence-electron chi connectivity index (χ0n) is 11.8. The molecule has 0 saturated carbocycles. The zero-order chi connectivity index (χ0) is 14.9. The van der Waals surface area contributed by atoms with E-state index in [1.54, 1.807) is 45.4 Å². The van der Waals surface area contributed by atoms with E-state index in [-0.39, 0.29) is 0 Å². The second kappa shape index (κ2) is 5.67. The third-order valence-corrected chi connectivity index (χ3v) is 5.05. The van der Waals surface area contributed by atoms with Crippen molar-refractivity contribution in [2.75, 3.05) is 34.1 Å². The van der Waals surface area contributed by atoms with Gasteiger partial charge in [-0.15, -0.1) is 0 Å². The molecule has 0 amide bonds. The Morgan fingerprint density at radius 1 is 1.20 bits per heavy atom. The van der Waals surface area contributed by atoms with Gasteiger partial charge in [0.1, 0.15) is 4.32 Å². The second-order valence-electron chi connectivity index (χ2n) is 4.34. The number of benzene rings is 1. The molecule has 0 radical (unpaired) electrons. The Bertz CT molecular complexity index is 512. The van der Waals surface area contributed by atoms with E-state index in [0.29, 0.717) is 32.9 Å². The summed E-state index contributed by atoms with van der Waals surface area (Å²) in [6.45, 7) is 0. The predicted octanol–water partition coefficient (Wildman–Crippen LogP) is 1.82. The van der Waals surface area contributed by atoms with Gasteiger partial charge in [-0.1, -0.05) is 24.0 Å². The lowest BCUT2D eigenvalue weighted by Crippen LogP contribution is -2.41. The Hall–Kier alpha value is -1.18. The molecular formula is C13H17NO4S2. The maximum atomic E-state index is 10.9. The summed E-state index contributed by atoms with van der Waals surface area (Å²) in [4.78, 5) is 1.67. The molecule has 0 bridgehead atoms. The topological polar surface area (TPSA) is 51.2 Å². The van der Waals surface area contributed by atoms with Gasteiger partial charge in [0, 0.05) is 12.6 Å². The molecule has 110 valence electrons. The molecule has 1 aliphatic rings. The standard InChI is InChI=1S/C13H17NO4S2/c1-14-12(19)20-7-13(14,15)8-5-9(16-2)11(18-4)10(6-8)17-3/h5-6,15H,7H2,1-4H3. The molecule has 7 heteroatoms. The number of aliphatic hydroxyl groups is 1. The van der Waals surface area contributed by atoms with E-state index in [1.807, 2.05) is 0 Å². The van der Waals surface area contributed by atoms with Gasteiger partial charge < -0.3 is 24.2 Å². The number of ether oxygens (including phenoxy) is 3. The van der Waals surface area contributed by atoms with Gasteiger partial charge in [0.05, 0.1) is 27.1 Å². The molecule has 1 aromatic carbocycles. The first-order valence-electron chi connectivity index (χ1n) is 5.91. The molecular weight excluding hydrogens is 298 g/mol. The Morgan fingerprint density at radius 2 is 1.75 bits per heavy atom. The van der Waals surface area contributed by atoms with Crippen LogP contribution in [0.4, 0.5) is 0 Å². The molecule has 1 saturated heterocycles. The van der Waals surface area contributed by atoms with Crippen molar-refractivity contribution in [2.24, 2.45) is 0 Å². The van der Waals surface area contributed by atoms with Gasteiger partial charge >= 0.3 is 0 Å². The van der Waals surface area contributed by atoms with Crippen molar-refractivity contribution in [2.45, 2.75) is 5.72 Å². The van der Waals surface area contributed by atoms with Crippen LogP contribution in [0.15, 0.2) is 12.1 Å². The van der Waals surface area contributed by atoms with E-state index in [4.69, 9.17) is 26.4 Å². The van der Waals surface area contributed by atoms with Gasteiger partial charge in [-0.2, -0.15) is 0 Å². The summed E-state index contributed by atoms with van der Waals surface area (Å²) in [7, 11) is 6.40. The number of thioether (sulfide) groups is 1. The molecule has 1 aromatic rings. The van der Waals surface area contributed by atoms with Crippen LogP contribution in [0.5, 0.6) is 17.2 Å². The van der Waals surface area contributed by atoms with Crippen LogP contribution in [0.2, 0.25) is 0 Å². The summed E-state index contributed by atoms with van der Waals surface area (Å²) in [6, 6.07) is 3.48. The van der Waals surface area contributed by atoms with Gasteiger partial charge in [0.25, 0.3) is 0 Å². The number of methoxy groups -OCH3 is 3. The summed E-state index contributed by atoms with van der Waals surface area (Å²) in [5.74, 6) is 1.97. The lowest BCUT2D eigenvalue weighted by molar-refractivity contribution is -0.0339. The number of nitrogens with zero attached hydrogens (tertiary/aromatic N) is 1. The fourth-order valence-corrected chi connectivity index (χ4v) is 3.45. The summed E-state index contributed by atoms with van der Waals surface area (Å²) >= 11 is 6.64. The smallest absolute Gasteiger partial charge is 0.203 e. The number of hydrogen-bond acceptors (Lipinski definition) is 6. The lowest BCUT2D eigenvalue weighted by Gasteiger charge is -2.31. The number of thiocarbonyl (C=S) groups is 1. The van der Waals surface area contributed by atoms with Crippen molar-refractivity contribution in [3.8, 4) is 17.2 Å². The summed E-state index contributed by atoms with van der Waals surface area (Å²) < 4.78 is 16.6. The van der Waals surface area contributed by atoms with Crippen molar-refractivity contribution >= 4 is 28.3 Å². The Balaban J connectivity index is 2.55. The summed E-state index contributed by atoms with van der Waals surface area (Å²) in [6.07, 6.45) is 0. The lowest BCUT2D eigenvalue weighted by atomic mass is 10.0. The van der Waals surface area contributed by atoms with Crippen LogP contribution in [-0.4, -0.2) is 48.5 Å². The van der Waals surface area contributed by atoms with Crippen molar-refractivity contribution in [1.29, 1.82) is 0 Å². The minimum Gasteiger partial charge on any atom is -0.493 e. The fourth-order valence-electron chi connectivity index (χ4n) is 2.10. The first kappa shape index (κ1) is 15.2. The minimum absolute atomic E-state index is 0.459. The van der Waals surface area contributed by atoms with Crippen LogP contribution in [0.25, 0.3) is 0 Å². The van der Waals surface area contributed by atoms with Crippen molar-refractivity contribution < 1.29 is 19.3 Å². The molecule has 1 fully saturated rings. The fraction of sp³-hybridized carbons (Fsp3) is 0.462. The van der Waals surface area contributed by atoms with E-state index >= 15 is 0 Å². The van der Waals surface area contributed by atoms with Gasteiger partial charge in [-0.3, -0.25) is 0 Å². The summed E-state index contributed by atoms with van der Waals surface area (Å²) in [5, 5.41) is 10.9. The molecule has 0 aliphatic carbocycles. The van der Waals surface area contributed by atoms with Gasteiger partial charge in [0.15, 0.2) is 17.2 Å². The largest absolute Gasteiger partial charge is 0.493 e. The Labute approximate surface area is 127 Å². The molecule has 1 aliphatic heterocycles. The maximum absolute atomic E-state index is 10.9. The third kappa shape index (κ3) is 2.30. The van der Waals surface area contributed by atoms with Crippen molar-refractivity contribution in [3.63, 3.8) is 0 Å². The van der Waals surface area contributed by atoms with E-state index in [0.717, 1.165) is 0 Å². The average molecular weight is 315 g/mol.